The van der Waals surface area contributed by atoms with Crippen LogP contribution in [0.5, 0.6) is 0 Å². The maximum Gasteiger partial charge on any atom is 0.274 e. The number of carbonyl (C=O) groups excluding carboxylic acids is 2. The number of nitro benzene ring substituents is 1. The van der Waals surface area contributed by atoms with Gasteiger partial charge in [-0.25, -0.2) is 0 Å². The number of fused-ring (bicyclic) bond motifs is 1. The molecule has 0 fully saturated rings. The molecule has 1 aromatic carbocycles. The topological polar surface area (TPSA) is 112 Å². The van der Waals surface area contributed by atoms with Crippen molar-refractivity contribution in [2.24, 2.45) is 0 Å². The second kappa shape index (κ2) is 8.20. The van der Waals surface area contributed by atoms with Crippen LogP contribution >= 0.6 is 0 Å². The maximum absolute atomic E-state index is 12.8. The van der Waals surface area contributed by atoms with Crippen LogP contribution in [0.2, 0.25) is 0 Å². The summed E-state index contributed by atoms with van der Waals surface area (Å²) in [6, 6.07) is 6.25. The van der Waals surface area contributed by atoms with Gasteiger partial charge < -0.3 is 9.80 Å². The summed E-state index contributed by atoms with van der Waals surface area (Å²) in [6.07, 6.45) is 0.514. The summed E-state index contributed by atoms with van der Waals surface area (Å²) in [7, 11) is 0. The summed E-state index contributed by atoms with van der Waals surface area (Å²) >= 11 is 0. The fourth-order valence-electron chi connectivity index (χ4n) is 3.46. The number of nitrogens with one attached hydrogen (secondary N) is 1. The van der Waals surface area contributed by atoms with Crippen LogP contribution in [0.4, 0.5) is 5.69 Å². The van der Waals surface area contributed by atoms with Gasteiger partial charge in [-0.05, 0) is 13.8 Å². The third-order valence-corrected chi connectivity index (χ3v) is 5.07. The minimum Gasteiger partial charge on any atom is -0.338 e. The number of aromatic amines is 1. The average molecular weight is 385 g/mol. The highest BCUT2D eigenvalue weighted by atomic mass is 16.6. The Bertz CT molecular complexity index is 903. The van der Waals surface area contributed by atoms with E-state index in [0.29, 0.717) is 37.3 Å². The first-order valence-electron chi connectivity index (χ1n) is 9.31. The lowest BCUT2D eigenvalue weighted by atomic mass is 10.0. The van der Waals surface area contributed by atoms with E-state index >= 15 is 0 Å². The third kappa shape index (κ3) is 3.73. The fourth-order valence-corrected chi connectivity index (χ4v) is 3.46. The lowest BCUT2D eigenvalue weighted by molar-refractivity contribution is -0.385. The molecule has 0 unspecified atom stereocenters. The van der Waals surface area contributed by atoms with E-state index in [1.54, 1.807) is 28.0 Å². The van der Waals surface area contributed by atoms with Gasteiger partial charge >= 0.3 is 0 Å². The van der Waals surface area contributed by atoms with Gasteiger partial charge in [0.1, 0.15) is 0 Å². The molecule has 1 aromatic heterocycles. The van der Waals surface area contributed by atoms with Crippen LogP contribution in [-0.4, -0.2) is 56.4 Å². The van der Waals surface area contributed by atoms with Crippen molar-refractivity contribution in [3.8, 4) is 0 Å². The smallest absolute Gasteiger partial charge is 0.274 e. The molecule has 2 amide bonds. The number of hydrogen-bond donors (Lipinski definition) is 1. The monoisotopic (exact) mass is 385 g/mol. The minimum absolute atomic E-state index is 0.0519. The Morgan fingerprint density at radius 3 is 2.68 bits per heavy atom. The molecule has 2 heterocycles. The standard InChI is InChI=1S/C19H23N5O4/c1-3-22(4-2)19(26)18-14-12-23(10-9-15(14)20-21-18)17(25)11-13-7-5-6-8-16(13)24(27)28/h5-8H,3-4,9-12H2,1-2H3,(H,20,21). The molecule has 0 bridgehead atoms. The van der Waals surface area contributed by atoms with Gasteiger partial charge in [0, 0.05) is 55.5 Å². The van der Waals surface area contributed by atoms with E-state index in [1.807, 2.05) is 13.8 Å². The van der Waals surface area contributed by atoms with E-state index in [0.717, 1.165) is 11.3 Å². The van der Waals surface area contributed by atoms with Gasteiger partial charge in [-0.1, -0.05) is 18.2 Å². The van der Waals surface area contributed by atoms with Crippen LogP contribution in [0.1, 0.15) is 41.2 Å². The molecule has 9 nitrogen and oxygen atoms in total. The summed E-state index contributed by atoms with van der Waals surface area (Å²) in [6.45, 7) is 5.72. The number of aromatic nitrogens is 2. The number of rotatable bonds is 6. The van der Waals surface area contributed by atoms with Gasteiger partial charge in [0.25, 0.3) is 11.6 Å². The second-order valence-corrected chi connectivity index (χ2v) is 6.63. The zero-order valence-electron chi connectivity index (χ0n) is 16.0. The predicted molar refractivity (Wildman–Crippen MR) is 102 cm³/mol. The highest BCUT2D eigenvalue weighted by Gasteiger charge is 2.30. The Morgan fingerprint density at radius 1 is 1.29 bits per heavy atom. The van der Waals surface area contributed by atoms with Crippen LogP contribution in [-0.2, 0) is 24.2 Å². The van der Waals surface area contributed by atoms with Crippen molar-refractivity contribution < 1.29 is 14.5 Å². The normalized spacial score (nSPS) is 13.1. The summed E-state index contributed by atoms with van der Waals surface area (Å²) in [5.41, 5.74) is 2.27. The average Bonchev–Trinajstić information content (AvgIpc) is 3.12. The van der Waals surface area contributed by atoms with Gasteiger partial charge in [0.05, 0.1) is 11.3 Å². The number of nitro groups is 1. The number of amides is 2. The Balaban J connectivity index is 1.78. The molecule has 1 N–H and O–H groups in total. The summed E-state index contributed by atoms with van der Waals surface area (Å²) < 4.78 is 0. The number of carbonyl (C=O) groups is 2. The van der Waals surface area contributed by atoms with Gasteiger partial charge in [0.15, 0.2) is 5.69 Å². The van der Waals surface area contributed by atoms with Gasteiger partial charge in [-0.15, -0.1) is 0 Å². The molecule has 0 saturated carbocycles. The molecule has 28 heavy (non-hydrogen) atoms. The van der Waals surface area contributed by atoms with Crippen LogP contribution in [0.3, 0.4) is 0 Å². The van der Waals surface area contributed by atoms with E-state index in [-0.39, 0.29) is 30.5 Å². The predicted octanol–water partition coefficient (Wildman–Crippen LogP) is 1.93. The molecule has 0 spiro atoms. The SMILES string of the molecule is CCN(CC)C(=O)c1n[nH]c2c1CN(C(=O)Cc1ccccc1[N+](=O)[O-])CC2. The fraction of sp³-hybridized carbons (Fsp3) is 0.421. The van der Waals surface area contributed by atoms with E-state index in [2.05, 4.69) is 10.2 Å². The second-order valence-electron chi connectivity index (χ2n) is 6.63. The molecular weight excluding hydrogens is 362 g/mol. The Labute approximate surface area is 162 Å². The Morgan fingerprint density at radius 2 is 2.00 bits per heavy atom. The molecule has 1 aliphatic rings. The molecule has 1 aliphatic heterocycles. The molecule has 3 rings (SSSR count). The lowest BCUT2D eigenvalue weighted by Crippen LogP contribution is -2.38. The quantitative estimate of drug-likeness (QED) is 0.603. The Hall–Kier alpha value is -3.23. The van der Waals surface area contributed by atoms with Gasteiger partial charge in [-0.3, -0.25) is 24.8 Å². The first-order valence-corrected chi connectivity index (χ1v) is 9.31. The van der Waals surface area contributed by atoms with E-state index in [4.69, 9.17) is 0 Å². The largest absolute Gasteiger partial charge is 0.338 e. The van der Waals surface area contributed by atoms with Crippen molar-refractivity contribution in [3.05, 3.63) is 56.9 Å². The maximum atomic E-state index is 12.8. The number of hydrogen-bond acceptors (Lipinski definition) is 5. The van der Waals surface area contributed by atoms with E-state index in [1.165, 1.54) is 6.07 Å². The van der Waals surface area contributed by atoms with Crippen molar-refractivity contribution in [1.82, 2.24) is 20.0 Å². The van der Waals surface area contributed by atoms with E-state index in [9.17, 15) is 19.7 Å². The molecule has 0 saturated heterocycles. The zero-order chi connectivity index (χ0) is 20.3. The minimum atomic E-state index is -0.478. The molecule has 0 atom stereocenters. The molecule has 9 heteroatoms. The van der Waals surface area contributed by atoms with Crippen LogP contribution < -0.4 is 0 Å². The van der Waals surface area contributed by atoms with Crippen molar-refractivity contribution in [2.45, 2.75) is 33.2 Å². The molecule has 2 aromatic rings. The van der Waals surface area contributed by atoms with Crippen molar-refractivity contribution in [1.29, 1.82) is 0 Å². The number of para-hydroxylation sites is 1. The van der Waals surface area contributed by atoms with Crippen molar-refractivity contribution in [3.63, 3.8) is 0 Å². The molecular formula is C19H23N5O4. The van der Waals surface area contributed by atoms with Crippen LogP contribution in [0.15, 0.2) is 24.3 Å². The summed E-state index contributed by atoms with van der Waals surface area (Å²) in [5.74, 6) is -0.363. The number of H-pyrrole nitrogens is 1. The highest BCUT2D eigenvalue weighted by Crippen LogP contribution is 2.24. The molecule has 148 valence electrons. The summed E-state index contributed by atoms with van der Waals surface area (Å²) in [5, 5.41) is 18.3. The first kappa shape index (κ1) is 19.5. The van der Waals surface area contributed by atoms with Gasteiger partial charge in [-0.2, -0.15) is 5.10 Å². The van der Waals surface area contributed by atoms with Crippen LogP contribution in [0.25, 0.3) is 0 Å². The first-order chi connectivity index (χ1) is 13.5. The van der Waals surface area contributed by atoms with Crippen LogP contribution in [0, 0.1) is 10.1 Å². The van der Waals surface area contributed by atoms with Crippen molar-refractivity contribution >= 4 is 17.5 Å². The highest BCUT2D eigenvalue weighted by molar-refractivity contribution is 5.94. The number of benzene rings is 1. The molecule has 0 radical (unpaired) electrons. The lowest BCUT2D eigenvalue weighted by Gasteiger charge is -2.27. The van der Waals surface area contributed by atoms with Gasteiger partial charge in [0.2, 0.25) is 5.91 Å². The van der Waals surface area contributed by atoms with Crippen molar-refractivity contribution in [2.75, 3.05) is 19.6 Å². The number of nitrogens with zero attached hydrogens (tertiary/aromatic N) is 4. The summed E-state index contributed by atoms with van der Waals surface area (Å²) in [4.78, 5) is 39.5. The molecule has 0 aliphatic carbocycles. The van der Waals surface area contributed by atoms with E-state index < -0.39 is 4.92 Å². The third-order valence-electron chi connectivity index (χ3n) is 5.07. The zero-order valence-corrected chi connectivity index (χ0v) is 16.0. The Kier molecular flexibility index (Phi) is 5.72.